The van der Waals surface area contributed by atoms with Crippen molar-refractivity contribution in [3.63, 3.8) is 0 Å². The predicted molar refractivity (Wildman–Crippen MR) is 85.9 cm³/mol. The van der Waals surface area contributed by atoms with Crippen LogP contribution < -0.4 is 11.1 Å². The Bertz CT molecular complexity index is 818. The average Bonchev–Trinajstić information content (AvgIpc) is 2.85. The molecule has 2 aromatic heterocycles. The van der Waals surface area contributed by atoms with Crippen LogP contribution >= 0.6 is 22.9 Å². The van der Waals surface area contributed by atoms with Crippen molar-refractivity contribution in [2.45, 2.75) is 13.3 Å². The Hall–Kier alpha value is -1.92. The zero-order valence-corrected chi connectivity index (χ0v) is 12.7. The maximum atomic E-state index is 13.1. The Morgan fingerprint density at radius 1 is 1.33 bits per heavy atom. The average molecular weight is 323 g/mol. The van der Waals surface area contributed by atoms with Crippen LogP contribution in [0.2, 0.25) is 5.02 Å². The number of nitrogens with zero attached hydrogens (tertiary/aromatic N) is 2. The van der Waals surface area contributed by atoms with E-state index in [0.29, 0.717) is 11.5 Å². The molecule has 0 spiro atoms. The normalized spacial score (nSPS) is 11.0. The molecule has 1 aromatic carbocycles. The molecular formula is C14H12ClFN4S. The van der Waals surface area contributed by atoms with Gasteiger partial charge in [0, 0.05) is 4.88 Å². The van der Waals surface area contributed by atoms with Gasteiger partial charge in [0.15, 0.2) is 0 Å². The second-order valence-electron chi connectivity index (χ2n) is 4.46. The lowest BCUT2D eigenvalue weighted by molar-refractivity contribution is 0.628. The summed E-state index contributed by atoms with van der Waals surface area (Å²) in [5.41, 5.74) is 6.31. The number of hydrogen-bond donors (Lipinski definition) is 2. The minimum Gasteiger partial charge on any atom is -0.368 e. The summed E-state index contributed by atoms with van der Waals surface area (Å²) in [5.74, 6) is 0.372. The van der Waals surface area contributed by atoms with E-state index in [0.717, 1.165) is 16.6 Å². The van der Waals surface area contributed by atoms with Gasteiger partial charge in [0.2, 0.25) is 5.95 Å². The first-order chi connectivity index (χ1) is 10.1. The zero-order chi connectivity index (χ0) is 15.0. The quantitative estimate of drug-likeness (QED) is 0.751. The van der Waals surface area contributed by atoms with Gasteiger partial charge < -0.3 is 11.1 Å². The summed E-state index contributed by atoms with van der Waals surface area (Å²) in [6.45, 7) is 2.07. The molecule has 108 valence electrons. The van der Waals surface area contributed by atoms with Gasteiger partial charge in [-0.2, -0.15) is 4.98 Å². The van der Waals surface area contributed by atoms with Crippen molar-refractivity contribution in [1.82, 2.24) is 9.97 Å². The number of hydrogen-bond acceptors (Lipinski definition) is 5. The van der Waals surface area contributed by atoms with Crippen molar-refractivity contribution in [2.75, 3.05) is 11.1 Å². The number of benzene rings is 1. The fraction of sp³-hybridized carbons (Fsp3) is 0.143. The monoisotopic (exact) mass is 322 g/mol. The molecule has 2 heterocycles. The van der Waals surface area contributed by atoms with Crippen molar-refractivity contribution in [1.29, 1.82) is 0 Å². The number of halogens is 2. The van der Waals surface area contributed by atoms with Crippen LogP contribution in [0, 0.1) is 5.82 Å². The Balaban J connectivity index is 2.08. The Morgan fingerprint density at radius 2 is 2.14 bits per heavy atom. The Kier molecular flexibility index (Phi) is 3.65. The molecule has 0 fully saturated rings. The first-order valence-electron chi connectivity index (χ1n) is 6.35. The van der Waals surface area contributed by atoms with Gasteiger partial charge in [-0.1, -0.05) is 18.5 Å². The summed E-state index contributed by atoms with van der Waals surface area (Å²) in [7, 11) is 0. The lowest BCUT2D eigenvalue weighted by atomic mass is 10.2. The molecule has 0 bridgehead atoms. The molecule has 0 aliphatic rings. The number of aromatic nitrogens is 2. The molecule has 4 nitrogen and oxygen atoms in total. The molecule has 0 unspecified atom stereocenters. The number of thiophene rings is 1. The molecule has 0 radical (unpaired) electrons. The minimum atomic E-state index is -0.387. The van der Waals surface area contributed by atoms with Crippen LogP contribution in [0.5, 0.6) is 0 Å². The van der Waals surface area contributed by atoms with Gasteiger partial charge >= 0.3 is 0 Å². The fourth-order valence-corrected chi connectivity index (χ4v) is 3.16. The Morgan fingerprint density at radius 3 is 2.86 bits per heavy atom. The summed E-state index contributed by atoms with van der Waals surface area (Å²) in [5, 5.41) is 4.26. The van der Waals surface area contributed by atoms with Crippen LogP contribution in [0.4, 0.5) is 21.8 Å². The maximum absolute atomic E-state index is 13.1. The van der Waals surface area contributed by atoms with Crippen LogP contribution in [0.1, 0.15) is 11.8 Å². The molecule has 21 heavy (non-hydrogen) atoms. The van der Waals surface area contributed by atoms with Gasteiger partial charge in [-0.3, -0.25) is 0 Å². The topological polar surface area (TPSA) is 63.8 Å². The largest absolute Gasteiger partial charge is 0.368 e. The number of nitrogen functional groups attached to an aromatic ring is 1. The third-order valence-electron chi connectivity index (χ3n) is 2.99. The first-order valence-corrected chi connectivity index (χ1v) is 7.54. The van der Waals surface area contributed by atoms with Gasteiger partial charge in [0.1, 0.15) is 16.5 Å². The molecule has 3 aromatic rings. The van der Waals surface area contributed by atoms with E-state index >= 15 is 0 Å². The Labute approximate surface area is 129 Å². The van der Waals surface area contributed by atoms with E-state index in [9.17, 15) is 4.39 Å². The number of nitrogens with two attached hydrogens (primary N) is 1. The number of rotatable bonds is 3. The highest BCUT2D eigenvalue weighted by Crippen LogP contribution is 2.33. The van der Waals surface area contributed by atoms with E-state index in [4.69, 9.17) is 17.3 Å². The molecule has 0 aliphatic carbocycles. The molecule has 3 rings (SSSR count). The molecule has 3 N–H and O–H groups in total. The molecular weight excluding hydrogens is 311 g/mol. The van der Waals surface area contributed by atoms with Crippen molar-refractivity contribution < 1.29 is 4.39 Å². The highest BCUT2D eigenvalue weighted by Gasteiger charge is 2.12. The van der Waals surface area contributed by atoms with Crippen LogP contribution in [0.25, 0.3) is 10.2 Å². The highest BCUT2D eigenvalue weighted by atomic mass is 35.5. The second kappa shape index (κ2) is 5.46. The van der Waals surface area contributed by atoms with E-state index < -0.39 is 0 Å². The maximum Gasteiger partial charge on any atom is 0.223 e. The van der Waals surface area contributed by atoms with E-state index in [1.165, 1.54) is 17.0 Å². The lowest BCUT2D eigenvalue weighted by Crippen LogP contribution is -2.00. The third kappa shape index (κ3) is 2.77. The van der Waals surface area contributed by atoms with Crippen molar-refractivity contribution in [3.8, 4) is 0 Å². The molecule has 0 saturated carbocycles. The predicted octanol–water partition coefficient (Wildman–Crippen LogP) is 4.37. The van der Waals surface area contributed by atoms with E-state index in [1.807, 2.05) is 6.07 Å². The SMILES string of the molecule is CCc1cc2c(Nc3ccc(F)cc3Cl)nc(N)nc2s1. The lowest BCUT2D eigenvalue weighted by Gasteiger charge is -2.09. The van der Waals surface area contributed by atoms with E-state index in [1.54, 1.807) is 17.4 Å². The van der Waals surface area contributed by atoms with E-state index in [2.05, 4.69) is 22.2 Å². The van der Waals surface area contributed by atoms with Gasteiger partial charge in [0.05, 0.1) is 16.1 Å². The first kappa shape index (κ1) is 14.0. The molecule has 0 aliphatic heterocycles. The molecule has 0 atom stereocenters. The number of anilines is 3. The molecule has 0 saturated heterocycles. The van der Waals surface area contributed by atoms with Gasteiger partial charge in [-0.15, -0.1) is 11.3 Å². The van der Waals surface area contributed by atoms with Crippen molar-refractivity contribution in [2.24, 2.45) is 0 Å². The summed E-state index contributed by atoms with van der Waals surface area (Å²) < 4.78 is 13.1. The summed E-state index contributed by atoms with van der Waals surface area (Å²) in [6.07, 6.45) is 0.914. The van der Waals surface area contributed by atoms with Gasteiger partial charge in [-0.05, 0) is 30.7 Å². The number of nitrogens with one attached hydrogen (secondary N) is 1. The van der Waals surface area contributed by atoms with Gasteiger partial charge in [0.25, 0.3) is 0 Å². The van der Waals surface area contributed by atoms with Crippen LogP contribution in [-0.4, -0.2) is 9.97 Å². The highest BCUT2D eigenvalue weighted by molar-refractivity contribution is 7.18. The minimum absolute atomic E-state index is 0.188. The van der Waals surface area contributed by atoms with Crippen molar-refractivity contribution in [3.05, 3.63) is 40.0 Å². The summed E-state index contributed by atoms with van der Waals surface area (Å²) in [4.78, 5) is 10.5. The van der Waals surface area contributed by atoms with Crippen LogP contribution in [-0.2, 0) is 6.42 Å². The third-order valence-corrected chi connectivity index (χ3v) is 4.48. The van der Waals surface area contributed by atoms with Crippen LogP contribution in [0.15, 0.2) is 24.3 Å². The number of fused-ring (bicyclic) bond motifs is 1. The van der Waals surface area contributed by atoms with Crippen molar-refractivity contribution >= 4 is 50.6 Å². The van der Waals surface area contributed by atoms with E-state index in [-0.39, 0.29) is 16.8 Å². The molecule has 7 heteroatoms. The smallest absolute Gasteiger partial charge is 0.223 e. The summed E-state index contributed by atoms with van der Waals surface area (Å²) in [6, 6.07) is 6.17. The fourth-order valence-electron chi connectivity index (χ4n) is 1.98. The van der Waals surface area contributed by atoms with Crippen LogP contribution in [0.3, 0.4) is 0 Å². The molecule has 0 amide bonds. The second-order valence-corrected chi connectivity index (χ2v) is 5.99. The zero-order valence-electron chi connectivity index (χ0n) is 11.2. The van der Waals surface area contributed by atoms with Gasteiger partial charge in [-0.25, -0.2) is 9.37 Å². The number of aryl methyl sites for hydroxylation is 1. The standard InChI is InChI=1S/C14H12ClFN4S/c1-2-8-6-9-12(19-14(17)20-13(9)21-8)18-11-4-3-7(16)5-10(11)15/h3-6H,2H2,1H3,(H3,17,18,19,20). The summed E-state index contributed by atoms with van der Waals surface area (Å²) >= 11 is 7.61.